The lowest BCUT2D eigenvalue weighted by Gasteiger charge is -2.29. The number of hydrogen-bond acceptors (Lipinski definition) is 4. The van der Waals surface area contributed by atoms with Crippen LogP contribution in [0.1, 0.15) is 64.7 Å². The average molecular weight is 336 g/mol. The van der Waals surface area contributed by atoms with Crippen molar-refractivity contribution < 1.29 is 19.1 Å². The van der Waals surface area contributed by atoms with E-state index >= 15 is 0 Å². The van der Waals surface area contributed by atoms with Gasteiger partial charge in [0.2, 0.25) is 11.8 Å². The second-order valence-corrected chi connectivity index (χ2v) is 7.38. The van der Waals surface area contributed by atoms with Gasteiger partial charge in [0, 0.05) is 19.0 Å². The van der Waals surface area contributed by atoms with Crippen LogP contribution in [0.3, 0.4) is 0 Å². The summed E-state index contributed by atoms with van der Waals surface area (Å²) in [6, 6.07) is 0.306. The fourth-order valence-electron chi connectivity index (χ4n) is 4.44. The fourth-order valence-corrected chi connectivity index (χ4v) is 4.44. The molecule has 134 valence electrons. The topological polar surface area (TPSA) is 75.7 Å². The third-order valence-electron chi connectivity index (χ3n) is 5.78. The van der Waals surface area contributed by atoms with Gasteiger partial charge in [-0.05, 0) is 32.6 Å². The Kier molecular flexibility index (Phi) is 5.11. The number of carbonyl (C=O) groups is 3. The molecule has 24 heavy (non-hydrogen) atoms. The molecule has 2 aliphatic carbocycles. The molecule has 0 radical (unpaired) electrons. The molecule has 2 saturated carbocycles. The van der Waals surface area contributed by atoms with E-state index in [9.17, 15) is 14.4 Å². The molecule has 0 bridgehead atoms. The standard InChI is InChI=1S/C18H28N2O4/c1-2-24-17(23)18(9-5-6-10-18)19-16(22)13-11-15(21)20(12-13)14-7-3-4-8-14/h13-14H,2-12H2,1H3,(H,19,22). The third kappa shape index (κ3) is 3.28. The van der Waals surface area contributed by atoms with Crippen molar-refractivity contribution in [3.8, 4) is 0 Å². The molecule has 0 aromatic heterocycles. The molecule has 1 heterocycles. The highest BCUT2D eigenvalue weighted by molar-refractivity contribution is 5.93. The number of carbonyl (C=O) groups excluding carboxylic acids is 3. The smallest absolute Gasteiger partial charge is 0.331 e. The minimum atomic E-state index is -0.878. The number of likely N-dealkylation sites (tertiary alicyclic amines) is 1. The average Bonchev–Trinajstić information content (AvgIpc) is 3.27. The summed E-state index contributed by atoms with van der Waals surface area (Å²) < 4.78 is 5.19. The van der Waals surface area contributed by atoms with Crippen LogP contribution in [0.15, 0.2) is 0 Å². The Hall–Kier alpha value is -1.59. The van der Waals surface area contributed by atoms with Crippen LogP contribution in [0.2, 0.25) is 0 Å². The lowest BCUT2D eigenvalue weighted by atomic mass is 9.95. The van der Waals surface area contributed by atoms with Crippen LogP contribution in [0.5, 0.6) is 0 Å². The molecule has 6 nitrogen and oxygen atoms in total. The van der Waals surface area contributed by atoms with Crippen molar-refractivity contribution in [3.63, 3.8) is 0 Å². The molecular weight excluding hydrogens is 308 g/mol. The first-order chi connectivity index (χ1) is 11.6. The van der Waals surface area contributed by atoms with Crippen molar-refractivity contribution in [1.82, 2.24) is 10.2 Å². The van der Waals surface area contributed by atoms with E-state index in [1.807, 2.05) is 4.90 Å². The number of nitrogens with one attached hydrogen (secondary N) is 1. The molecule has 3 aliphatic rings. The normalized spacial score (nSPS) is 26.8. The minimum absolute atomic E-state index is 0.0821. The number of rotatable bonds is 5. The molecule has 3 rings (SSSR count). The molecule has 1 atom stereocenters. The van der Waals surface area contributed by atoms with Crippen molar-refractivity contribution >= 4 is 17.8 Å². The van der Waals surface area contributed by atoms with Crippen molar-refractivity contribution in [1.29, 1.82) is 0 Å². The van der Waals surface area contributed by atoms with Gasteiger partial charge >= 0.3 is 5.97 Å². The van der Waals surface area contributed by atoms with E-state index in [2.05, 4.69) is 5.32 Å². The van der Waals surface area contributed by atoms with Crippen LogP contribution >= 0.6 is 0 Å². The van der Waals surface area contributed by atoms with E-state index in [1.165, 1.54) is 0 Å². The van der Waals surface area contributed by atoms with Gasteiger partial charge in [0.1, 0.15) is 5.54 Å². The van der Waals surface area contributed by atoms with E-state index in [-0.39, 0.29) is 30.1 Å². The molecule has 3 fully saturated rings. The molecule has 0 aromatic rings. The molecule has 1 saturated heterocycles. The van der Waals surface area contributed by atoms with Gasteiger partial charge in [0.05, 0.1) is 12.5 Å². The zero-order chi connectivity index (χ0) is 17.2. The van der Waals surface area contributed by atoms with Crippen LogP contribution in [-0.4, -0.2) is 47.4 Å². The SMILES string of the molecule is CCOC(=O)C1(NC(=O)C2CC(=O)N(C3CCCC3)C2)CCCC1. The van der Waals surface area contributed by atoms with E-state index < -0.39 is 5.54 Å². The Labute approximate surface area is 143 Å². The number of hydrogen-bond donors (Lipinski definition) is 1. The summed E-state index contributed by atoms with van der Waals surface area (Å²) in [5, 5.41) is 2.96. The molecule has 1 unspecified atom stereocenters. The van der Waals surface area contributed by atoms with Gasteiger partial charge in [0.15, 0.2) is 0 Å². The number of nitrogens with zero attached hydrogens (tertiary/aromatic N) is 1. The summed E-state index contributed by atoms with van der Waals surface area (Å²) in [5.41, 5.74) is -0.878. The van der Waals surface area contributed by atoms with Crippen LogP contribution < -0.4 is 5.32 Å². The van der Waals surface area contributed by atoms with Crippen LogP contribution in [0.25, 0.3) is 0 Å². The maximum Gasteiger partial charge on any atom is 0.331 e. The van der Waals surface area contributed by atoms with Gasteiger partial charge in [-0.15, -0.1) is 0 Å². The quantitative estimate of drug-likeness (QED) is 0.776. The summed E-state index contributed by atoms with van der Waals surface area (Å²) in [6.45, 7) is 2.58. The lowest BCUT2D eigenvalue weighted by Crippen LogP contribution is -2.55. The van der Waals surface area contributed by atoms with E-state index in [0.29, 0.717) is 32.0 Å². The molecule has 1 aliphatic heterocycles. The van der Waals surface area contributed by atoms with E-state index in [0.717, 1.165) is 38.5 Å². The first kappa shape index (κ1) is 17.2. The largest absolute Gasteiger partial charge is 0.464 e. The molecule has 2 amide bonds. The highest BCUT2D eigenvalue weighted by Gasteiger charge is 2.46. The Morgan fingerprint density at radius 2 is 1.88 bits per heavy atom. The zero-order valence-corrected chi connectivity index (χ0v) is 14.5. The summed E-state index contributed by atoms with van der Waals surface area (Å²) in [6.07, 6.45) is 7.78. The number of esters is 1. The van der Waals surface area contributed by atoms with Crippen LogP contribution in [0.4, 0.5) is 0 Å². The summed E-state index contributed by atoms with van der Waals surface area (Å²) in [4.78, 5) is 39.2. The maximum absolute atomic E-state index is 12.7. The summed E-state index contributed by atoms with van der Waals surface area (Å²) >= 11 is 0. The first-order valence-corrected chi connectivity index (χ1v) is 9.34. The maximum atomic E-state index is 12.7. The Morgan fingerprint density at radius 3 is 2.50 bits per heavy atom. The molecule has 6 heteroatoms. The molecule has 1 N–H and O–H groups in total. The van der Waals surface area contributed by atoms with Gasteiger partial charge in [-0.25, -0.2) is 4.79 Å². The minimum Gasteiger partial charge on any atom is -0.464 e. The van der Waals surface area contributed by atoms with Crippen LogP contribution in [0, 0.1) is 5.92 Å². The lowest BCUT2D eigenvalue weighted by molar-refractivity contribution is -0.153. The molecular formula is C18H28N2O4. The first-order valence-electron chi connectivity index (χ1n) is 9.34. The van der Waals surface area contributed by atoms with Gasteiger partial charge in [-0.2, -0.15) is 0 Å². The van der Waals surface area contributed by atoms with Gasteiger partial charge in [0.25, 0.3) is 0 Å². The number of amides is 2. The van der Waals surface area contributed by atoms with Crippen LogP contribution in [-0.2, 0) is 19.1 Å². The van der Waals surface area contributed by atoms with Gasteiger partial charge in [-0.3, -0.25) is 9.59 Å². The Balaban J connectivity index is 1.63. The van der Waals surface area contributed by atoms with E-state index in [4.69, 9.17) is 4.74 Å². The van der Waals surface area contributed by atoms with Crippen molar-refractivity contribution in [2.24, 2.45) is 5.92 Å². The van der Waals surface area contributed by atoms with Crippen molar-refractivity contribution in [2.45, 2.75) is 76.3 Å². The van der Waals surface area contributed by atoms with Crippen molar-refractivity contribution in [3.05, 3.63) is 0 Å². The third-order valence-corrected chi connectivity index (χ3v) is 5.78. The van der Waals surface area contributed by atoms with E-state index in [1.54, 1.807) is 6.92 Å². The summed E-state index contributed by atoms with van der Waals surface area (Å²) in [7, 11) is 0. The highest BCUT2D eigenvalue weighted by Crippen LogP contribution is 2.33. The predicted octanol–water partition coefficient (Wildman–Crippen LogP) is 1.77. The Morgan fingerprint density at radius 1 is 1.21 bits per heavy atom. The molecule has 0 spiro atoms. The fraction of sp³-hybridized carbons (Fsp3) is 0.833. The highest BCUT2D eigenvalue weighted by atomic mass is 16.5. The number of ether oxygens (including phenoxy) is 1. The summed E-state index contributed by atoms with van der Waals surface area (Å²) in [5.74, 6) is -0.754. The second kappa shape index (κ2) is 7.11. The zero-order valence-electron chi connectivity index (χ0n) is 14.5. The monoisotopic (exact) mass is 336 g/mol. The second-order valence-electron chi connectivity index (χ2n) is 7.38. The predicted molar refractivity (Wildman–Crippen MR) is 88.1 cm³/mol. The van der Waals surface area contributed by atoms with Gasteiger partial charge in [-0.1, -0.05) is 25.7 Å². The molecule has 0 aromatic carbocycles. The Bertz CT molecular complexity index is 507. The van der Waals surface area contributed by atoms with Crippen molar-refractivity contribution in [2.75, 3.05) is 13.2 Å². The van der Waals surface area contributed by atoms with Gasteiger partial charge < -0.3 is 15.0 Å².